The molecule has 0 spiro atoms. The van der Waals surface area contributed by atoms with Crippen molar-refractivity contribution in [2.45, 2.75) is 6.54 Å². The number of carbonyl (C=O) groups excluding carboxylic acids is 1. The van der Waals surface area contributed by atoms with Gasteiger partial charge in [-0.05, 0) is 29.8 Å². The first-order valence-corrected chi connectivity index (χ1v) is 6.86. The molecule has 0 aliphatic heterocycles. The van der Waals surface area contributed by atoms with E-state index in [1.54, 1.807) is 0 Å². The quantitative estimate of drug-likeness (QED) is 0.757. The van der Waals surface area contributed by atoms with Gasteiger partial charge in [-0.25, -0.2) is 4.79 Å². The van der Waals surface area contributed by atoms with Gasteiger partial charge in [-0.3, -0.25) is 0 Å². The minimum absolute atomic E-state index is 0.200. The van der Waals surface area contributed by atoms with E-state index in [0.29, 0.717) is 6.54 Å². The molecule has 1 heterocycles. The number of amides is 2. The van der Waals surface area contributed by atoms with Crippen molar-refractivity contribution in [3.05, 3.63) is 66.4 Å². The van der Waals surface area contributed by atoms with Crippen molar-refractivity contribution < 1.29 is 4.79 Å². The highest BCUT2D eigenvalue weighted by atomic mass is 16.2. The van der Waals surface area contributed by atoms with Crippen molar-refractivity contribution >= 4 is 22.6 Å². The van der Waals surface area contributed by atoms with E-state index in [1.807, 2.05) is 67.8 Å². The third-order valence-corrected chi connectivity index (χ3v) is 3.44. The number of aromatic nitrogens is 1. The molecule has 1 aromatic heterocycles. The first-order chi connectivity index (χ1) is 10.2. The second-order valence-electron chi connectivity index (χ2n) is 4.99. The van der Waals surface area contributed by atoms with Crippen molar-refractivity contribution in [3.63, 3.8) is 0 Å². The highest BCUT2D eigenvalue weighted by Gasteiger charge is 2.04. The Labute approximate surface area is 123 Å². The number of fused-ring (bicyclic) bond motifs is 1. The van der Waals surface area contributed by atoms with Gasteiger partial charge in [0.15, 0.2) is 0 Å². The van der Waals surface area contributed by atoms with Gasteiger partial charge in [-0.15, -0.1) is 0 Å². The zero-order valence-electron chi connectivity index (χ0n) is 11.8. The van der Waals surface area contributed by atoms with Crippen LogP contribution in [0.4, 0.5) is 10.5 Å². The van der Waals surface area contributed by atoms with Crippen LogP contribution in [-0.4, -0.2) is 10.6 Å². The Balaban J connectivity index is 1.63. The van der Waals surface area contributed by atoms with Crippen LogP contribution in [0.5, 0.6) is 0 Å². The summed E-state index contributed by atoms with van der Waals surface area (Å²) in [5.41, 5.74) is 3.01. The number of hydrogen-bond acceptors (Lipinski definition) is 1. The SMILES string of the molecule is Cn1ccc2cc(NC(=O)NCc3ccccc3)ccc21. The van der Waals surface area contributed by atoms with Gasteiger partial charge in [0.1, 0.15) is 0 Å². The van der Waals surface area contributed by atoms with Crippen LogP contribution in [0, 0.1) is 0 Å². The van der Waals surface area contributed by atoms with E-state index in [2.05, 4.69) is 15.2 Å². The monoisotopic (exact) mass is 279 g/mol. The molecule has 0 aliphatic carbocycles. The second kappa shape index (κ2) is 5.71. The lowest BCUT2D eigenvalue weighted by Crippen LogP contribution is -2.28. The van der Waals surface area contributed by atoms with Crippen LogP contribution in [0.3, 0.4) is 0 Å². The van der Waals surface area contributed by atoms with E-state index in [-0.39, 0.29) is 6.03 Å². The average molecular weight is 279 g/mol. The fourth-order valence-electron chi connectivity index (χ4n) is 2.31. The summed E-state index contributed by atoms with van der Waals surface area (Å²) in [6, 6.07) is 17.5. The lowest BCUT2D eigenvalue weighted by molar-refractivity contribution is 0.251. The molecule has 3 rings (SSSR count). The largest absolute Gasteiger partial charge is 0.351 e. The van der Waals surface area contributed by atoms with Crippen LogP contribution in [0.1, 0.15) is 5.56 Å². The summed E-state index contributed by atoms with van der Waals surface area (Å²) < 4.78 is 2.05. The highest BCUT2D eigenvalue weighted by Crippen LogP contribution is 2.19. The van der Waals surface area contributed by atoms with Crippen LogP contribution < -0.4 is 10.6 Å². The average Bonchev–Trinajstić information content (AvgIpc) is 2.87. The Morgan fingerprint density at radius 1 is 1.10 bits per heavy atom. The Hall–Kier alpha value is -2.75. The molecule has 4 heteroatoms. The number of urea groups is 1. The molecule has 0 radical (unpaired) electrons. The molecule has 2 aromatic carbocycles. The molecule has 0 bridgehead atoms. The molecule has 21 heavy (non-hydrogen) atoms. The minimum atomic E-state index is -0.200. The van der Waals surface area contributed by atoms with Crippen LogP contribution in [0.25, 0.3) is 10.9 Å². The molecule has 0 unspecified atom stereocenters. The highest BCUT2D eigenvalue weighted by molar-refractivity contribution is 5.92. The molecule has 0 aliphatic rings. The lowest BCUT2D eigenvalue weighted by Gasteiger charge is -2.08. The number of benzene rings is 2. The summed E-state index contributed by atoms with van der Waals surface area (Å²) in [5, 5.41) is 6.81. The van der Waals surface area contributed by atoms with Gasteiger partial charge in [0.25, 0.3) is 0 Å². The van der Waals surface area contributed by atoms with Gasteiger partial charge in [0.2, 0.25) is 0 Å². The van der Waals surface area contributed by atoms with Crippen LogP contribution in [0.15, 0.2) is 60.8 Å². The number of anilines is 1. The molecule has 0 atom stereocenters. The fraction of sp³-hybridized carbons (Fsp3) is 0.118. The third kappa shape index (κ3) is 3.05. The maximum atomic E-state index is 11.9. The molecule has 4 nitrogen and oxygen atoms in total. The zero-order chi connectivity index (χ0) is 14.7. The van der Waals surface area contributed by atoms with Gasteiger partial charge in [0.05, 0.1) is 0 Å². The normalized spacial score (nSPS) is 10.5. The predicted molar refractivity (Wildman–Crippen MR) is 85.2 cm³/mol. The lowest BCUT2D eigenvalue weighted by atomic mass is 10.2. The molecule has 2 amide bonds. The first-order valence-electron chi connectivity index (χ1n) is 6.86. The number of hydrogen-bond donors (Lipinski definition) is 2. The molecule has 2 N–H and O–H groups in total. The first kappa shape index (κ1) is 13.2. The van der Waals surface area contributed by atoms with Gasteiger partial charge >= 0.3 is 6.03 Å². The van der Waals surface area contributed by atoms with Crippen LogP contribution >= 0.6 is 0 Å². The van der Waals surface area contributed by atoms with Gasteiger partial charge in [-0.2, -0.15) is 0 Å². The molecular weight excluding hydrogens is 262 g/mol. The van der Waals surface area contributed by atoms with E-state index in [4.69, 9.17) is 0 Å². The Bertz CT molecular complexity index is 762. The summed E-state index contributed by atoms with van der Waals surface area (Å²) in [6.07, 6.45) is 2.00. The summed E-state index contributed by atoms with van der Waals surface area (Å²) in [5.74, 6) is 0. The summed E-state index contributed by atoms with van der Waals surface area (Å²) >= 11 is 0. The molecule has 106 valence electrons. The van der Waals surface area contributed by atoms with E-state index in [9.17, 15) is 4.79 Å². The fourth-order valence-corrected chi connectivity index (χ4v) is 2.31. The number of carbonyl (C=O) groups is 1. The van der Waals surface area contributed by atoms with E-state index >= 15 is 0 Å². The number of nitrogens with zero attached hydrogens (tertiary/aromatic N) is 1. The van der Waals surface area contributed by atoms with Crippen LogP contribution in [0.2, 0.25) is 0 Å². The molecule has 0 saturated carbocycles. The standard InChI is InChI=1S/C17H17N3O/c1-20-10-9-14-11-15(7-8-16(14)20)19-17(21)18-12-13-5-3-2-4-6-13/h2-11H,12H2,1H3,(H2,18,19,21). The summed E-state index contributed by atoms with van der Waals surface area (Å²) in [7, 11) is 2.00. The Kier molecular flexibility index (Phi) is 3.60. The van der Waals surface area contributed by atoms with E-state index in [1.165, 1.54) is 0 Å². The Morgan fingerprint density at radius 2 is 1.90 bits per heavy atom. The maximum Gasteiger partial charge on any atom is 0.319 e. The number of nitrogens with one attached hydrogen (secondary N) is 2. The van der Waals surface area contributed by atoms with Crippen molar-refractivity contribution in [1.82, 2.24) is 9.88 Å². The predicted octanol–water partition coefficient (Wildman–Crippen LogP) is 3.50. The molecule has 0 fully saturated rings. The van der Waals surface area contributed by atoms with Gasteiger partial charge in [0, 0.05) is 36.4 Å². The molecule has 0 saturated heterocycles. The van der Waals surface area contributed by atoms with Crippen LogP contribution in [-0.2, 0) is 13.6 Å². The van der Waals surface area contributed by atoms with Gasteiger partial charge < -0.3 is 15.2 Å². The topological polar surface area (TPSA) is 46.1 Å². The smallest absolute Gasteiger partial charge is 0.319 e. The molecular formula is C17H17N3O. The molecule has 3 aromatic rings. The third-order valence-electron chi connectivity index (χ3n) is 3.44. The second-order valence-corrected chi connectivity index (χ2v) is 4.99. The number of aryl methyl sites for hydroxylation is 1. The van der Waals surface area contributed by atoms with Crippen molar-refractivity contribution in [2.75, 3.05) is 5.32 Å². The summed E-state index contributed by atoms with van der Waals surface area (Å²) in [6.45, 7) is 0.514. The Morgan fingerprint density at radius 3 is 2.71 bits per heavy atom. The number of rotatable bonds is 3. The minimum Gasteiger partial charge on any atom is -0.351 e. The van der Waals surface area contributed by atoms with Crippen molar-refractivity contribution in [1.29, 1.82) is 0 Å². The van der Waals surface area contributed by atoms with Crippen molar-refractivity contribution in [2.24, 2.45) is 7.05 Å². The zero-order valence-corrected chi connectivity index (χ0v) is 11.8. The van der Waals surface area contributed by atoms with E-state index < -0.39 is 0 Å². The summed E-state index contributed by atoms with van der Waals surface area (Å²) in [4.78, 5) is 11.9. The van der Waals surface area contributed by atoms with E-state index in [0.717, 1.165) is 22.2 Å². The van der Waals surface area contributed by atoms with Crippen molar-refractivity contribution in [3.8, 4) is 0 Å². The maximum absolute atomic E-state index is 11.9. The van der Waals surface area contributed by atoms with Gasteiger partial charge in [-0.1, -0.05) is 30.3 Å².